The maximum absolute atomic E-state index is 12.7. The number of rotatable bonds is 5. The third kappa shape index (κ3) is 5.18. The van der Waals surface area contributed by atoms with Gasteiger partial charge in [0.05, 0.1) is 21.3 Å². The van der Waals surface area contributed by atoms with E-state index >= 15 is 0 Å². The molecule has 0 heterocycles. The van der Waals surface area contributed by atoms with Gasteiger partial charge in [0.15, 0.2) is 0 Å². The molecule has 0 saturated heterocycles. The summed E-state index contributed by atoms with van der Waals surface area (Å²) in [4.78, 5) is 4.37. The first kappa shape index (κ1) is 19.9. The van der Waals surface area contributed by atoms with Crippen LogP contribution in [0.15, 0.2) is 17.1 Å². The van der Waals surface area contributed by atoms with Crippen molar-refractivity contribution in [2.75, 3.05) is 12.0 Å². The molecule has 0 aliphatic rings. The Morgan fingerprint density at radius 1 is 1.13 bits per heavy atom. The number of benzene rings is 1. The maximum atomic E-state index is 12.7. The molecule has 0 aliphatic heterocycles. The normalized spacial score (nSPS) is 13.2. The van der Waals surface area contributed by atoms with Gasteiger partial charge in [-0.25, -0.2) is 0 Å². The molecule has 3 nitrogen and oxygen atoms in total. The number of hydrogen-bond donors (Lipinski definition) is 2. The number of hydrazine groups is 1. The van der Waals surface area contributed by atoms with Gasteiger partial charge in [0.1, 0.15) is 5.84 Å². The quantitative estimate of drug-likeness (QED) is 0.391. The van der Waals surface area contributed by atoms with Crippen molar-refractivity contribution in [3.63, 3.8) is 0 Å². The van der Waals surface area contributed by atoms with Crippen molar-refractivity contribution in [3.8, 4) is 0 Å². The van der Waals surface area contributed by atoms with Crippen LogP contribution >= 0.6 is 23.2 Å². The first-order valence-corrected chi connectivity index (χ1v) is 7.91. The van der Waals surface area contributed by atoms with Gasteiger partial charge >= 0.3 is 6.18 Å². The van der Waals surface area contributed by atoms with Crippen LogP contribution in [0.4, 0.5) is 18.9 Å². The van der Waals surface area contributed by atoms with Crippen molar-refractivity contribution in [1.82, 2.24) is 5.43 Å². The summed E-state index contributed by atoms with van der Waals surface area (Å²) in [5, 5.41) is -0.245. The number of nitrogens with zero attached hydrogens (tertiary/aromatic N) is 1. The Morgan fingerprint density at radius 3 is 2.04 bits per heavy atom. The highest BCUT2D eigenvalue weighted by Crippen LogP contribution is 2.38. The SMILES string of the molecule is CCN=C(NNc1c(Cl)cc(C(F)(F)F)cc1Cl)C(C)(C)CC. The van der Waals surface area contributed by atoms with E-state index in [1.807, 2.05) is 27.7 Å². The molecule has 1 rings (SSSR count). The van der Waals surface area contributed by atoms with E-state index in [0.717, 1.165) is 18.6 Å². The third-order valence-corrected chi connectivity index (χ3v) is 4.11. The second-order valence-electron chi connectivity index (χ2n) is 5.62. The molecule has 8 heteroatoms. The van der Waals surface area contributed by atoms with Crippen molar-refractivity contribution < 1.29 is 13.2 Å². The van der Waals surface area contributed by atoms with Gasteiger partial charge in [-0.1, -0.05) is 44.0 Å². The van der Waals surface area contributed by atoms with E-state index in [2.05, 4.69) is 15.8 Å². The van der Waals surface area contributed by atoms with Crippen LogP contribution in [0.1, 0.15) is 39.7 Å². The lowest BCUT2D eigenvalue weighted by Gasteiger charge is -2.27. The summed E-state index contributed by atoms with van der Waals surface area (Å²) in [6.45, 7) is 8.50. The van der Waals surface area contributed by atoms with Crippen LogP contribution < -0.4 is 10.9 Å². The van der Waals surface area contributed by atoms with Gasteiger partial charge in [-0.2, -0.15) is 13.2 Å². The molecule has 2 N–H and O–H groups in total. The second-order valence-corrected chi connectivity index (χ2v) is 6.44. The van der Waals surface area contributed by atoms with Crippen LogP contribution in [0.2, 0.25) is 10.0 Å². The van der Waals surface area contributed by atoms with Gasteiger partial charge in [-0.3, -0.25) is 15.8 Å². The fourth-order valence-corrected chi connectivity index (χ4v) is 2.31. The smallest absolute Gasteiger partial charge is 0.297 e. The molecule has 0 saturated carbocycles. The predicted molar refractivity (Wildman–Crippen MR) is 90.3 cm³/mol. The number of anilines is 1. The number of alkyl halides is 3. The first-order chi connectivity index (χ1) is 10.5. The van der Waals surface area contributed by atoms with Gasteiger partial charge in [0.25, 0.3) is 0 Å². The monoisotopic (exact) mass is 369 g/mol. The molecule has 0 unspecified atom stereocenters. The highest BCUT2D eigenvalue weighted by Gasteiger charge is 2.32. The summed E-state index contributed by atoms with van der Waals surface area (Å²) in [6, 6.07) is 1.66. The zero-order chi connectivity index (χ0) is 17.8. The number of nitrogens with one attached hydrogen (secondary N) is 2. The zero-order valence-electron chi connectivity index (χ0n) is 13.4. The number of hydrogen-bond acceptors (Lipinski definition) is 2. The lowest BCUT2D eigenvalue weighted by Crippen LogP contribution is -2.40. The van der Waals surface area contributed by atoms with Crippen molar-refractivity contribution in [2.45, 2.75) is 40.3 Å². The first-order valence-electron chi connectivity index (χ1n) is 7.16. The van der Waals surface area contributed by atoms with Crippen LogP contribution in [0.25, 0.3) is 0 Å². The van der Waals surface area contributed by atoms with Gasteiger partial charge in [0.2, 0.25) is 0 Å². The van der Waals surface area contributed by atoms with E-state index in [9.17, 15) is 13.2 Å². The minimum absolute atomic E-state index is 0.123. The molecule has 23 heavy (non-hydrogen) atoms. The summed E-state index contributed by atoms with van der Waals surface area (Å²) < 4.78 is 38.2. The van der Waals surface area contributed by atoms with E-state index in [-0.39, 0.29) is 21.1 Å². The minimum Gasteiger partial charge on any atom is -0.297 e. The lowest BCUT2D eigenvalue weighted by molar-refractivity contribution is -0.137. The van der Waals surface area contributed by atoms with Crippen molar-refractivity contribution >= 4 is 34.7 Å². The van der Waals surface area contributed by atoms with Gasteiger partial charge in [-0.05, 0) is 25.5 Å². The topological polar surface area (TPSA) is 36.4 Å². The van der Waals surface area contributed by atoms with E-state index in [1.165, 1.54) is 0 Å². The molecule has 0 amide bonds. The molecule has 0 radical (unpaired) electrons. The summed E-state index contributed by atoms with van der Waals surface area (Å²) in [7, 11) is 0. The van der Waals surface area contributed by atoms with E-state index in [4.69, 9.17) is 23.2 Å². The Hall–Kier alpha value is -1.14. The molecule has 0 atom stereocenters. The molecule has 1 aromatic rings. The van der Waals surface area contributed by atoms with Crippen LogP contribution in [0, 0.1) is 5.41 Å². The molecular formula is C15H20Cl2F3N3. The standard InChI is InChI=1S/C15H20Cl2F3N3/c1-5-14(3,4)13(21-6-2)23-22-12-10(16)7-9(8-11(12)17)15(18,19)20/h7-8,22H,5-6H2,1-4H3,(H,21,23). The van der Waals surface area contributed by atoms with Crippen LogP contribution in [-0.2, 0) is 6.18 Å². The zero-order valence-corrected chi connectivity index (χ0v) is 14.9. The minimum atomic E-state index is -4.50. The molecular weight excluding hydrogens is 350 g/mol. The van der Waals surface area contributed by atoms with Crippen molar-refractivity contribution in [1.29, 1.82) is 0 Å². The summed E-state index contributed by atoms with van der Waals surface area (Å²) >= 11 is 11.8. The van der Waals surface area contributed by atoms with Crippen LogP contribution in [0.3, 0.4) is 0 Å². The number of aliphatic imine (C=N–C) groups is 1. The maximum Gasteiger partial charge on any atom is 0.416 e. The molecule has 0 fully saturated rings. The Labute approximate surface area is 144 Å². The van der Waals surface area contributed by atoms with Gasteiger partial charge in [0, 0.05) is 12.0 Å². The van der Waals surface area contributed by atoms with Gasteiger partial charge in [-0.15, -0.1) is 0 Å². The van der Waals surface area contributed by atoms with E-state index in [0.29, 0.717) is 12.4 Å². The second kappa shape index (κ2) is 7.62. The van der Waals surface area contributed by atoms with Crippen LogP contribution in [0.5, 0.6) is 0 Å². The lowest BCUT2D eigenvalue weighted by atomic mass is 9.89. The molecule has 0 bridgehead atoms. The fraction of sp³-hybridized carbons (Fsp3) is 0.533. The van der Waals surface area contributed by atoms with Crippen molar-refractivity contribution in [3.05, 3.63) is 27.7 Å². The Morgan fingerprint density at radius 2 is 1.65 bits per heavy atom. The van der Waals surface area contributed by atoms with Crippen molar-refractivity contribution in [2.24, 2.45) is 10.4 Å². The molecule has 0 spiro atoms. The summed E-state index contributed by atoms with van der Waals surface area (Å²) in [5.41, 5.74) is 4.75. The molecule has 1 aromatic carbocycles. The Bertz CT molecular complexity index is 561. The highest BCUT2D eigenvalue weighted by molar-refractivity contribution is 6.39. The average Bonchev–Trinajstić information content (AvgIpc) is 2.43. The molecule has 130 valence electrons. The fourth-order valence-electron chi connectivity index (χ4n) is 1.73. The summed E-state index contributed by atoms with van der Waals surface area (Å²) in [5.74, 6) is 0.675. The van der Waals surface area contributed by atoms with Crippen LogP contribution in [-0.4, -0.2) is 12.4 Å². The number of halogens is 5. The largest absolute Gasteiger partial charge is 0.416 e. The summed E-state index contributed by atoms with van der Waals surface area (Å²) in [6.07, 6.45) is -3.67. The molecule has 0 aromatic heterocycles. The van der Waals surface area contributed by atoms with E-state index < -0.39 is 11.7 Å². The Balaban J connectivity index is 3.04. The molecule has 0 aliphatic carbocycles. The Kier molecular flexibility index (Phi) is 6.59. The average molecular weight is 370 g/mol. The van der Waals surface area contributed by atoms with Gasteiger partial charge < -0.3 is 0 Å². The third-order valence-electron chi connectivity index (χ3n) is 3.52. The predicted octanol–water partition coefficient (Wildman–Crippen LogP) is 5.78. The van der Waals surface area contributed by atoms with E-state index in [1.54, 1.807) is 0 Å². The highest BCUT2D eigenvalue weighted by atomic mass is 35.5. The number of amidine groups is 1.